The molecular weight excluding hydrogens is 256 g/mol. The van der Waals surface area contributed by atoms with Crippen LogP contribution in [0.15, 0.2) is 24.3 Å². The summed E-state index contributed by atoms with van der Waals surface area (Å²) in [5.41, 5.74) is 7.76. The molecule has 0 atom stereocenters. The molecule has 19 heavy (non-hydrogen) atoms. The zero-order valence-electron chi connectivity index (χ0n) is 11.0. The quantitative estimate of drug-likeness (QED) is 0.851. The van der Waals surface area contributed by atoms with E-state index in [1.54, 1.807) is 0 Å². The highest BCUT2D eigenvalue weighted by Crippen LogP contribution is 2.39. The number of nitrogens with two attached hydrogens (primary N) is 1. The van der Waals surface area contributed by atoms with E-state index >= 15 is 0 Å². The highest BCUT2D eigenvalue weighted by molar-refractivity contribution is 7.09. The second-order valence-corrected chi connectivity index (χ2v) is 5.70. The van der Waals surface area contributed by atoms with Gasteiger partial charge >= 0.3 is 0 Å². The zero-order chi connectivity index (χ0) is 13.2. The third kappa shape index (κ3) is 2.87. The van der Waals surface area contributed by atoms with E-state index < -0.39 is 0 Å². The van der Waals surface area contributed by atoms with Crippen LogP contribution >= 0.6 is 11.5 Å². The van der Waals surface area contributed by atoms with Crippen molar-refractivity contribution in [3.8, 4) is 0 Å². The predicted molar refractivity (Wildman–Crippen MR) is 79.5 cm³/mol. The van der Waals surface area contributed by atoms with Crippen molar-refractivity contribution < 1.29 is 0 Å². The number of nitrogen functional groups attached to an aromatic ring is 1. The number of benzene rings is 1. The standard InChI is InChI=1S/C14H18N4S/c1-2-18(9-10-3-7-12(15)8-4-10)14-16-13(17-19-14)11-5-6-11/h3-4,7-8,11H,2,5-6,9,15H2,1H3. The van der Waals surface area contributed by atoms with Crippen molar-refractivity contribution in [3.63, 3.8) is 0 Å². The SMILES string of the molecule is CCN(Cc1ccc(N)cc1)c1nc(C2CC2)ns1. The molecule has 0 amide bonds. The van der Waals surface area contributed by atoms with Crippen LogP contribution in [-0.2, 0) is 6.54 Å². The van der Waals surface area contributed by atoms with Gasteiger partial charge in [-0.15, -0.1) is 0 Å². The van der Waals surface area contributed by atoms with Crippen LogP contribution in [0, 0.1) is 0 Å². The van der Waals surface area contributed by atoms with Crippen molar-refractivity contribution in [1.82, 2.24) is 9.36 Å². The second-order valence-electron chi connectivity index (χ2n) is 4.97. The van der Waals surface area contributed by atoms with Gasteiger partial charge in [-0.3, -0.25) is 0 Å². The fraction of sp³-hybridized carbons (Fsp3) is 0.429. The lowest BCUT2D eigenvalue weighted by Gasteiger charge is -2.19. The molecule has 0 unspecified atom stereocenters. The fourth-order valence-electron chi connectivity index (χ4n) is 2.02. The maximum Gasteiger partial charge on any atom is 0.205 e. The van der Waals surface area contributed by atoms with E-state index in [2.05, 4.69) is 33.3 Å². The van der Waals surface area contributed by atoms with Crippen molar-refractivity contribution in [1.29, 1.82) is 0 Å². The van der Waals surface area contributed by atoms with E-state index in [1.165, 1.54) is 29.9 Å². The van der Waals surface area contributed by atoms with E-state index in [0.29, 0.717) is 5.92 Å². The van der Waals surface area contributed by atoms with Crippen LogP contribution in [0.3, 0.4) is 0 Å². The molecule has 3 rings (SSSR count). The largest absolute Gasteiger partial charge is 0.399 e. The van der Waals surface area contributed by atoms with E-state index in [1.807, 2.05) is 12.1 Å². The molecular formula is C14H18N4S. The topological polar surface area (TPSA) is 55.0 Å². The van der Waals surface area contributed by atoms with Gasteiger partial charge < -0.3 is 10.6 Å². The van der Waals surface area contributed by atoms with Gasteiger partial charge in [-0.2, -0.15) is 4.37 Å². The molecule has 5 heteroatoms. The smallest absolute Gasteiger partial charge is 0.205 e. The first-order valence-electron chi connectivity index (χ1n) is 6.69. The third-order valence-corrected chi connectivity index (χ3v) is 4.17. The fourth-order valence-corrected chi connectivity index (χ4v) is 2.83. The van der Waals surface area contributed by atoms with Crippen LogP contribution < -0.4 is 10.6 Å². The van der Waals surface area contributed by atoms with E-state index in [9.17, 15) is 0 Å². The summed E-state index contributed by atoms with van der Waals surface area (Å²) in [4.78, 5) is 6.92. The first-order valence-corrected chi connectivity index (χ1v) is 7.46. The number of anilines is 2. The van der Waals surface area contributed by atoms with Crippen LogP contribution in [0.4, 0.5) is 10.8 Å². The van der Waals surface area contributed by atoms with Crippen molar-refractivity contribution in [2.45, 2.75) is 32.2 Å². The lowest BCUT2D eigenvalue weighted by Crippen LogP contribution is -2.21. The number of rotatable bonds is 5. The number of hydrogen-bond acceptors (Lipinski definition) is 5. The molecule has 0 radical (unpaired) electrons. The summed E-state index contributed by atoms with van der Waals surface area (Å²) < 4.78 is 4.47. The Morgan fingerprint density at radius 3 is 2.68 bits per heavy atom. The van der Waals surface area contributed by atoms with E-state index in [0.717, 1.165) is 29.7 Å². The average molecular weight is 274 g/mol. The Morgan fingerprint density at radius 1 is 1.32 bits per heavy atom. The molecule has 0 spiro atoms. The Hall–Kier alpha value is -1.62. The van der Waals surface area contributed by atoms with Crippen LogP contribution in [0.2, 0.25) is 0 Å². The van der Waals surface area contributed by atoms with Gasteiger partial charge in [0, 0.05) is 36.2 Å². The number of nitrogens with zero attached hydrogens (tertiary/aromatic N) is 3. The van der Waals surface area contributed by atoms with E-state index in [-0.39, 0.29) is 0 Å². The highest BCUT2D eigenvalue weighted by Gasteiger charge is 2.28. The van der Waals surface area contributed by atoms with Crippen molar-refractivity contribution in [2.24, 2.45) is 0 Å². The molecule has 1 aromatic heterocycles. The molecule has 1 heterocycles. The first-order chi connectivity index (χ1) is 9.26. The Labute approximate surface area is 117 Å². The number of aromatic nitrogens is 2. The van der Waals surface area contributed by atoms with Gasteiger partial charge in [0.1, 0.15) is 5.82 Å². The summed E-state index contributed by atoms with van der Waals surface area (Å²) in [6.07, 6.45) is 2.50. The maximum atomic E-state index is 5.71. The van der Waals surface area contributed by atoms with Gasteiger partial charge in [0.2, 0.25) is 5.13 Å². The Bertz CT molecular complexity index is 545. The summed E-state index contributed by atoms with van der Waals surface area (Å²) in [7, 11) is 0. The molecule has 100 valence electrons. The summed E-state index contributed by atoms with van der Waals surface area (Å²) in [5, 5.41) is 1.03. The zero-order valence-corrected chi connectivity index (χ0v) is 11.9. The Balaban J connectivity index is 1.73. The molecule has 1 aliphatic carbocycles. The normalized spacial score (nSPS) is 14.6. The lowest BCUT2D eigenvalue weighted by molar-refractivity contribution is 0.819. The third-order valence-electron chi connectivity index (χ3n) is 3.38. The molecule has 2 aromatic rings. The molecule has 0 bridgehead atoms. The van der Waals surface area contributed by atoms with Crippen LogP contribution in [0.5, 0.6) is 0 Å². The van der Waals surface area contributed by atoms with Gasteiger partial charge in [0.05, 0.1) is 0 Å². The minimum atomic E-state index is 0.625. The van der Waals surface area contributed by atoms with Crippen molar-refractivity contribution >= 4 is 22.4 Å². The predicted octanol–water partition coefficient (Wildman–Crippen LogP) is 3.02. The minimum Gasteiger partial charge on any atom is -0.399 e. The van der Waals surface area contributed by atoms with Crippen molar-refractivity contribution in [3.05, 3.63) is 35.7 Å². The molecule has 1 aromatic carbocycles. The summed E-state index contributed by atoms with van der Waals surface area (Å²) in [6, 6.07) is 8.03. The molecule has 1 saturated carbocycles. The molecule has 1 fully saturated rings. The van der Waals surface area contributed by atoms with Gasteiger partial charge in [-0.1, -0.05) is 12.1 Å². The Morgan fingerprint density at radius 2 is 2.05 bits per heavy atom. The summed E-state index contributed by atoms with van der Waals surface area (Å²) in [6.45, 7) is 3.94. The van der Waals surface area contributed by atoms with Gasteiger partial charge in [-0.05, 0) is 37.5 Å². The monoisotopic (exact) mass is 274 g/mol. The molecule has 1 aliphatic rings. The van der Waals surface area contributed by atoms with Gasteiger partial charge in [0.15, 0.2) is 0 Å². The molecule has 0 aliphatic heterocycles. The summed E-state index contributed by atoms with van der Waals surface area (Å²) in [5.74, 6) is 1.66. The summed E-state index contributed by atoms with van der Waals surface area (Å²) >= 11 is 1.51. The first kappa shape index (κ1) is 12.4. The van der Waals surface area contributed by atoms with E-state index in [4.69, 9.17) is 5.73 Å². The average Bonchev–Trinajstić information content (AvgIpc) is 3.17. The van der Waals surface area contributed by atoms with Crippen LogP contribution in [-0.4, -0.2) is 15.9 Å². The molecule has 4 nitrogen and oxygen atoms in total. The van der Waals surface area contributed by atoms with Crippen LogP contribution in [0.25, 0.3) is 0 Å². The molecule has 0 saturated heterocycles. The Kier molecular flexibility index (Phi) is 3.38. The maximum absolute atomic E-state index is 5.71. The van der Waals surface area contributed by atoms with Crippen LogP contribution in [0.1, 0.15) is 37.1 Å². The molecule has 2 N–H and O–H groups in total. The number of hydrogen-bond donors (Lipinski definition) is 1. The van der Waals surface area contributed by atoms with Crippen molar-refractivity contribution in [2.75, 3.05) is 17.2 Å². The minimum absolute atomic E-state index is 0.625. The van der Waals surface area contributed by atoms with Gasteiger partial charge in [-0.25, -0.2) is 4.98 Å². The van der Waals surface area contributed by atoms with Gasteiger partial charge in [0.25, 0.3) is 0 Å². The highest BCUT2D eigenvalue weighted by atomic mass is 32.1. The second kappa shape index (κ2) is 5.17. The lowest BCUT2D eigenvalue weighted by atomic mass is 10.2.